The SMILES string of the molecule is CCCC(=NC)C1=CCC=CC=C1C(C)c1ccc(Cl)c(C)c1. The molecule has 0 saturated heterocycles. The zero-order chi connectivity index (χ0) is 16.8. The van der Waals surface area contributed by atoms with E-state index in [0.29, 0.717) is 5.92 Å². The summed E-state index contributed by atoms with van der Waals surface area (Å²) in [4.78, 5) is 4.56. The smallest absolute Gasteiger partial charge is 0.0435 e. The molecule has 1 aliphatic carbocycles. The van der Waals surface area contributed by atoms with Gasteiger partial charge in [-0.2, -0.15) is 0 Å². The van der Waals surface area contributed by atoms with Gasteiger partial charge in [0.25, 0.3) is 0 Å². The summed E-state index contributed by atoms with van der Waals surface area (Å²) in [5, 5.41) is 0.827. The van der Waals surface area contributed by atoms with Crippen molar-refractivity contribution < 1.29 is 0 Å². The molecule has 2 rings (SSSR count). The molecule has 1 atom stereocenters. The summed E-state index contributed by atoms with van der Waals surface area (Å²) in [6.45, 7) is 6.53. The fourth-order valence-corrected chi connectivity index (χ4v) is 3.14. The third-order valence-electron chi connectivity index (χ3n) is 4.40. The summed E-state index contributed by atoms with van der Waals surface area (Å²) in [5.41, 5.74) is 6.28. The highest BCUT2D eigenvalue weighted by molar-refractivity contribution is 6.31. The van der Waals surface area contributed by atoms with Crippen LogP contribution in [0.25, 0.3) is 0 Å². The average molecular weight is 328 g/mol. The Morgan fingerprint density at radius 2 is 2.13 bits per heavy atom. The van der Waals surface area contributed by atoms with Crippen molar-refractivity contribution in [2.45, 2.75) is 46.0 Å². The minimum Gasteiger partial charge on any atom is -0.292 e. The average Bonchev–Trinajstić information content (AvgIpc) is 2.80. The van der Waals surface area contributed by atoms with Gasteiger partial charge in [0.1, 0.15) is 0 Å². The Kier molecular flexibility index (Phi) is 6.41. The summed E-state index contributed by atoms with van der Waals surface area (Å²) >= 11 is 6.18. The highest BCUT2D eigenvalue weighted by atomic mass is 35.5. The van der Waals surface area contributed by atoms with E-state index < -0.39 is 0 Å². The Hall–Kier alpha value is -1.60. The second-order valence-electron chi connectivity index (χ2n) is 6.05. The molecule has 1 unspecified atom stereocenters. The molecule has 23 heavy (non-hydrogen) atoms. The van der Waals surface area contributed by atoms with Gasteiger partial charge in [-0.3, -0.25) is 4.99 Å². The van der Waals surface area contributed by atoms with E-state index in [1.54, 1.807) is 0 Å². The van der Waals surface area contributed by atoms with Crippen molar-refractivity contribution in [3.63, 3.8) is 0 Å². The van der Waals surface area contributed by atoms with Gasteiger partial charge < -0.3 is 0 Å². The number of aryl methyl sites for hydroxylation is 1. The van der Waals surface area contributed by atoms with Crippen LogP contribution in [0.4, 0.5) is 0 Å². The number of benzene rings is 1. The highest BCUT2D eigenvalue weighted by Gasteiger charge is 2.19. The first-order chi connectivity index (χ1) is 11.1. The van der Waals surface area contributed by atoms with Crippen molar-refractivity contribution in [3.8, 4) is 0 Å². The van der Waals surface area contributed by atoms with Crippen molar-refractivity contribution in [1.29, 1.82) is 0 Å². The minimum absolute atomic E-state index is 0.313. The number of hydrogen-bond donors (Lipinski definition) is 0. The molecular formula is C21H26ClN. The lowest BCUT2D eigenvalue weighted by Crippen LogP contribution is -2.10. The topological polar surface area (TPSA) is 12.4 Å². The second kappa shape index (κ2) is 8.31. The van der Waals surface area contributed by atoms with Crippen molar-refractivity contribution in [3.05, 3.63) is 69.8 Å². The van der Waals surface area contributed by atoms with Crippen LogP contribution in [-0.4, -0.2) is 12.8 Å². The molecule has 1 nitrogen and oxygen atoms in total. The lowest BCUT2D eigenvalue weighted by molar-refractivity contribution is 0.903. The predicted octanol–water partition coefficient (Wildman–Crippen LogP) is 6.44. The molecular weight excluding hydrogens is 302 g/mol. The molecule has 0 spiro atoms. The summed E-state index contributed by atoms with van der Waals surface area (Å²) in [5.74, 6) is 0.313. The molecule has 0 N–H and O–H groups in total. The van der Waals surface area contributed by atoms with Gasteiger partial charge in [0.2, 0.25) is 0 Å². The molecule has 0 fully saturated rings. The van der Waals surface area contributed by atoms with Gasteiger partial charge in [0, 0.05) is 23.7 Å². The van der Waals surface area contributed by atoms with E-state index in [9.17, 15) is 0 Å². The second-order valence-corrected chi connectivity index (χ2v) is 6.46. The molecule has 1 aromatic carbocycles. The number of aliphatic imine (C=N–C) groups is 1. The molecule has 0 amide bonds. The van der Waals surface area contributed by atoms with Crippen LogP contribution in [0.3, 0.4) is 0 Å². The van der Waals surface area contributed by atoms with Crippen LogP contribution < -0.4 is 0 Å². The van der Waals surface area contributed by atoms with Crippen molar-refractivity contribution >= 4 is 17.3 Å². The molecule has 122 valence electrons. The maximum atomic E-state index is 6.18. The Morgan fingerprint density at radius 3 is 2.78 bits per heavy atom. The van der Waals surface area contributed by atoms with Gasteiger partial charge >= 0.3 is 0 Å². The van der Waals surface area contributed by atoms with Gasteiger partial charge in [0.05, 0.1) is 0 Å². The number of hydrogen-bond acceptors (Lipinski definition) is 1. The monoisotopic (exact) mass is 327 g/mol. The fraction of sp³-hybridized carbons (Fsp3) is 0.381. The number of rotatable bonds is 5. The summed E-state index contributed by atoms with van der Waals surface area (Å²) in [7, 11) is 1.90. The Balaban J connectivity index is 2.41. The quantitative estimate of drug-likeness (QED) is 0.552. The van der Waals surface area contributed by atoms with Crippen LogP contribution >= 0.6 is 11.6 Å². The molecule has 0 saturated carbocycles. The maximum Gasteiger partial charge on any atom is 0.0435 e. The normalized spacial score (nSPS) is 16.7. The first-order valence-corrected chi connectivity index (χ1v) is 8.75. The molecule has 0 aliphatic heterocycles. The first-order valence-electron chi connectivity index (χ1n) is 8.37. The van der Waals surface area contributed by atoms with E-state index in [1.807, 2.05) is 13.1 Å². The van der Waals surface area contributed by atoms with Gasteiger partial charge in [-0.05, 0) is 48.1 Å². The van der Waals surface area contributed by atoms with E-state index in [-0.39, 0.29) is 0 Å². The zero-order valence-electron chi connectivity index (χ0n) is 14.6. The third-order valence-corrected chi connectivity index (χ3v) is 4.82. The van der Waals surface area contributed by atoms with Crippen LogP contribution in [0.15, 0.2) is 58.6 Å². The summed E-state index contributed by atoms with van der Waals surface area (Å²) < 4.78 is 0. The zero-order valence-corrected chi connectivity index (χ0v) is 15.3. The number of nitrogens with zero attached hydrogens (tertiary/aromatic N) is 1. The van der Waals surface area contributed by atoms with Gasteiger partial charge in [-0.15, -0.1) is 0 Å². The fourth-order valence-electron chi connectivity index (χ4n) is 3.03. The largest absolute Gasteiger partial charge is 0.292 e. The summed E-state index contributed by atoms with van der Waals surface area (Å²) in [6, 6.07) is 6.33. The number of halogens is 1. The van der Waals surface area contributed by atoms with Crippen LogP contribution in [-0.2, 0) is 0 Å². The molecule has 2 heteroatoms. The van der Waals surface area contributed by atoms with E-state index in [4.69, 9.17) is 11.6 Å². The van der Waals surface area contributed by atoms with Gasteiger partial charge in [0.15, 0.2) is 0 Å². The van der Waals surface area contributed by atoms with E-state index in [2.05, 4.69) is 62.2 Å². The lowest BCUT2D eigenvalue weighted by atomic mass is 9.84. The van der Waals surface area contributed by atoms with Crippen LogP contribution in [0, 0.1) is 6.92 Å². The van der Waals surface area contributed by atoms with Gasteiger partial charge in [-0.25, -0.2) is 0 Å². The van der Waals surface area contributed by atoms with Crippen molar-refractivity contribution in [2.75, 3.05) is 7.05 Å². The van der Waals surface area contributed by atoms with E-state index in [1.165, 1.54) is 22.4 Å². The standard InChI is InChI=1S/C21H26ClN/c1-5-9-21(23-4)19-11-8-6-7-10-18(19)16(3)17-12-13-20(22)15(2)14-17/h6-7,10-14,16H,5,8-9H2,1-4H3. The van der Waals surface area contributed by atoms with Crippen molar-refractivity contribution in [2.24, 2.45) is 4.99 Å². The molecule has 0 bridgehead atoms. The van der Waals surface area contributed by atoms with E-state index in [0.717, 1.165) is 29.8 Å². The Morgan fingerprint density at radius 1 is 1.35 bits per heavy atom. The van der Waals surface area contributed by atoms with E-state index >= 15 is 0 Å². The van der Waals surface area contributed by atoms with Crippen LogP contribution in [0.1, 0.15) is 50.2 Å². The molecule has 1 aliphatic rings. The highest BCUT2D eigenvalue weighted by Crippen LogP contribution is 2.33. The Labute approximate surface area is 145 Å². The molecule has 1 aromatic rings. The van der Waals surface area contributed by atoms with Crippen LogP contribution in [0.2, 0.25) is 5.02 Å². The first kappa shape index (κ1) is 17.7. The predicted molar refractivity (Wildman–Crippen MR) is 103 cm³/mol. The minimum atomic E-state index is 0.313. The van der Waals surface area contributed by atoms with Crippen LogP contribution in [0.5, 0.6) is 0 Å². The Bertz CT molecular complexity index is 677. The van der Waals surface area contributed by atoms with Crippen molar-refractivity contribution in [1.82, 2.24) is 0 Å². The summed E-state index contributed by atoms with van der Waals surface area (Å²) in [6.07, 6.45) is 12.0. The molecule has 0 radical (unpaired) electrons. The third kappa shape index (κ3) is 4.23. The maximum absolute atomic E-state index is 6.18. The number of allylic oxidation sites excluding steroid dienone is 6. The molecule has 0 heterocycles. The lowest BCUT2D eigenvalue weighted by Gasteiger charge is -2.21. The van der Waals surface area contributed by atoms with Gasteiger partial charge in [-0.1, -0.05) is 68.3 Å². The molecule has 0 aromatic heterocycles.